The topological polar surface area (TPSA) is 49.4 Å². The zero-order valence-corrected chi connectivity index (χ0v) is 19.6. The highest BCUT2D eigenvalue weighted by Gasteiger charge is 2.32. The molecule has 2 amide bonds. The summed E-state index contributed by atoms with van der Waals surface area (Å²) in [6.07, 6.45) is 0. The molecule has 1 aliphatic heterocycles. The van der Waals surface area contributed by atoms with E-state index in [2.05, 4.69) is 27.9 Å². The number of hydrogen-bond acceptors (Lipinski definition) is 3. The van der Waals surface area contributed by atoms with Crippen molar-refractivity contribution in [3.8, 4) is 0 Å². The molecular formula is C23H18ClIN2O2S. The second-order valence-electron chi connectivity index (χ2n) is 6.89. The molecule has 152 valence electrons. The van der Waals surface area contributed by atoms with Crippen molar-refractivity contribution in [1.29, 1.82) is 0 Å². The van der Waals surface area contributed by atoms with Crippen LogP contribution in [0.1, 0.15) is 26.9 Å². The fourth-order valence-electron chi connectivity index (χ4n) is 3.22. The Morgan fingerprint density at radius 2 is 1.70 bits per heavy atom. The van der Waals surface area contributed by atoms with Crippen LogP contribution in [-0.4, -0.2) is 22.5 Å². The van der Waals surface area contributed by atoms with Crippen molar-refractivity contribution < 1.29 is 9.59 Å². The van der Waals surface area contributed by atoms with Gasteiger partial charge in [0, 0.05) is 26.4 Å². The first-order valence-corrected chi connectivity index (χ1v) is 11.8. The maximum absolute atomic E-state index is 12.5. The predicted molar refractivity (Wildman–Crippen MR) is 131 cm³/mol. The summed E-state index contributed by atoms with van der Waals surface area (Å²) in [6.45, 7) is 0.530. The second kappa shape index (κ2) is 9.41. The van der Waals surface area contributed by atoms with E-state index in [9.17, 15) is 9.59 Å². The minimum atomic E-state index is -0.157. The smallest absolute Gasteiger partial charge is 0.255 e. The van der Waals surface area contributed by atoms with Gasteiger partial charge in [-0.3, -0.25) is 9.59 Å². The van der Waals surface area contributed by atoms with Crippen LogP contribution in [0.2, 0.25) is 5.02 Å². The minimum Gasteiger partial charge on any atom is -0.322 e. The number of thioether (sulfide) groups is 1. The fraction of sp³-hybridized carbons (Fsp3) is 0.130. The molecule has 4 nitrogen and oxygen atoms in total. The lowest BCUT2D eigenvalue weighted by molar-refractivity contribution is -0.128. The quantitative estimate of drug-likeness (QED) is 0.400. The summed E-state index contributed by atoms with van der Waals surface area (Å²) in [4.78, 5) is 26.8. The van der Waals surface area contributed by atoms with Gasteiger partial charge in [0.05, 0.1) is 5.75 Å². The minimum absolute atomic E-state index is 0.0681. The number of hydrogen-bond donors (Lipinski definition) is 1. The third kappa shape index (κ3) is 4.99. The highest BCUT2D eigenvalue weighted by atomic mass is 127. The van der Waals surface area contributed by atoms with Gasteiger partial charge >= 0.3 is 0 Å². The third-order valence-corrected chi connectivity index (χ3v) is 7.02. The zero-order chi connectivity index (χ0) is 21.1. The van der Waals surface area contributed by atoms with Crippen molar-refractivity contribution in [3.05, 3.63) is 98.1 Å². The molecule has 1 saturated heterocycles. The van der Waals surface area contributed by atoms with Crippen molar-refractivity contribution in [1.82, 2.24) is 4.90 Å². The van der Waals surface area contributed by atoms with E-state index < -0.39 is 0 Å². The average molecular weight is 549 g/mol. The summed E-state index contributed by atoms with van der Waals surface area (Å²) in [6, 6.07) is 22.7. The first-order chi connectivity index (χ1) is 14.5. The number of nitrogens with zero attached hydrogens (tertiary/aromatic N) is 1. The maximum Gasteiger partial charge on any atom is 0.255 e. The lowest BCUT2D eigenvalue weighted by atomic mass is 10.1. The Hall–Kier alpha value is -2.03. The van der Waals surface area contributed by atoms with Crippen molar-refractivity contribution >= 4 is 63.5 Å². The Labute approximate surface area is 198 Å². The molecule has 0 spiro atoms. The van der Waals surface area contributed by atoms with Crippen molar-refractivity contribution in [2.75, 3.05) is 11.1 Å². The molecule has 30 heavy (non-hydrogen) atoms. The zero-order valence-electron chi connectivity index (χ0n) is 15.8. The Morgan fingerprint density at radius 3 is 2.37 bits per heavy atom. The van der Waals surface area contributed by atoms with E-state index in [0.29, 0.717) is 22.9 Å². The average Bonchev–Trinajstić information content (AvgIpc) is 3.11. The lowest BCUT2D eigenvalue weighted by Crippen LogP contribution is -2.27. The molecule has 3 aromatic carbocycles. The maximum atomic E-state index is 12.5. The molecule has 7 heteroatoms. The molecule has 0 bridgehead atoms. The SMILES string of the molecule is O=C(Nc1ccc(I)cc1)c1ccc([C@H]2SCC(=O)N2Cc2ccc(Cl)cc2)cc1. The first kappa shape index (κ1) is 21.2. The van der Waals surface area contributed by atoms with Gasteiger partial charge in [-0.15, -0.1) is 11.8 Å². The van der Waals surface area contributed by atoms with Gasteiger partial charge < -0.3 is 10.2 Å². The summed E-state index contributed by atoms with van der Waals surface area (Å²) in [5.41, 5.74) is 3.38. The van der Waals surface area contributed by atoms with Crippen LogP contribution < -0.4 is 5.32 Å². The standard InChI is InChI=1S/C23H18ClIN2O2S/c24-18-7-1-15(2-8-18)13-27-21(28)14-30-23(27)17-5-3-16(4-6-17)22(29)26-20-11-9-19(25)10-12-20/h1-12,23H,13-14H2,(H,26,29)/t23-/m1/s1. The van der Waals surface area contributed by atoms with Gasteiger partial charge in [0.2, 0.25) is 5.91 Å². The molecule has 0 radical (unpaired) electrons. The molecule has 1 fully saturated rings. The van der Waals surface area contributed by atoms with Gasteiger partial charge in [0.25, 0.3) is 5.91 Å². The van der Waals surface area contributed by atoms with Gasteiger partial charge in [-0.1, -0.05) is 35.9 Å². The van der Waals surface area contributed by atoms with E-state index in [1.54, 1.807) is 23.9 Å². The van der Waals surface area contributed by atoms with E-state index in [-0.39, 0.29) is 17.2 Å². The molecule has 0 saturated carbocycles. The Balaban J connectivity index is 1.46. The van der Waals surface area contributed by atoms with E-state index >= 15 is 0 Å². The molecule has 1 atom stereocenters. The van der Waals surface area contributed by atoms with Crippen molar-refractivity contribution in [2.45, 2.75) is 11.9 Å². The normalized spacial score (nSPS) is 16.0. The number of rotatable bonds is 5. The van der Waals surface area contributed by atoms with E-state index in [4.69, 9.17) is 11.6 Å². The van der Waals surface area contributed by atoms with Gasteiger partial charge in [0.15, 0.2) is 0 Å². The van der Waals surface area contributed by atoms with Crippen LogP contribution in [0.25, 0.3) is 0 Å². The van der Waals surface area contributed by atoms with Crippen LogP contribution in [0.15, 0.2) is 72.8 Å². The van der Waals surface area contributed by atoms with Gasteiger partial charge in [0.1, 0.15) is 5.37 Å². The van der Waals surface area contributed by atoms with Crippen LogP contribution in [0, 0.1) is 3.57 Å². The summed E-state index contributed by atoms with van der Waals surface area (Å²) >= 11 is 9.79. The number of halogens is 2. The molecule has 0 aliphatic carbocycles. The van der Waals surface area contributed by atoms with E-state index in [1.807, 2.05) is 65.6 Å². The highest BCUT2D eigenvalue weighted by Crippen LogP contribution is 2.39. The molecule has 3 aromatic rings. The van der Waals surface area contributed by atoms with Crippen LogP contribution in [0.3, 0.4) is 0 Å². The van der Waals surface area contributed by atoms with E-state index in [1.165, 1.54) is 0 Å². The number of benzene rings is 3. The fourth-order valence-corrected chi connectivity index (χ4v) is 4.90. The van der Waals surface area contributed by atoms with Crippen LogP contribution in [-0.2, 0) is 11.3 Å². The summed E-state index contributed by atoms with van der Waals surface area (Å²) in [5, 5.41) is 3.51. The second-order valence-corrected chi connectivity index (χ2v) is 9.65. The molecular weight excluding hydrogens is 531 g/mol. The first-order valence-electron chi connectivity index (χ1n) is 9.32. The molecule has 1 heterocycles. The van der Waals surface area contributed by atoms with Crippen LogP contribution in [0.4, 0.5) is 5.69 Å². The molecule has 0 aromatic heterocycles. The Morgan fingerprint density at radius 1 is 1.03 bits per heavy atom. The van der Waals surface area contributed by atoms with Gasteiger partial charge in [-0.05, 0) is 82.2 Å². The summed E-state index contributed by atoms with van der Waals surface area (Å²) in [5.74, 6) is 0.407. The molecule has 1 N–H and O–H groups in total. The number of anilines is 1. The number of carbonyl (C=O) groups excluding carboxylic acids is 2. The number of nitrogens with one attached hydrogen (secondary N) is 1. The van der Waals surface area contributed by atoms with E-state index in [0.717, 1.165) is 20.4 Å². The van der Waals surface area contributed by atoms with Gasteiger partial charge in [-0.2, -0.15) is 0 Å². The largest absolute Gasteiger partial charge is 0.322 e. The van der Waals surface area contributed by atoms with Crippen molar-refractivity contribution in [3.63, 3.8) is 0 Å². The monoisotopic (exact) mass is 548 g/mol. The Kier molecular flexibility index (Phi) is 6.65. The highest BCUT2D eigenvalue weighted by molar-refractivity contribution is 14.1. The molecule has 1 aliphatic rings. The van der Waals surface area contributed by atoms with Crippen molar-refractivity contribution in [2.24, 2.45) is 0 Å². The third-order valence-electron chi connectivity index (χ3n) is 4.79. The number of amides is 2. The van der Waals surface area contributed by atoms with Gasteiger partial charge in [-0.25, -0.2) is 0 Å². The van der Waals surface area contributed by atoms with Crippen LogP contribution in [0.5, 0.6) is 0 Å². The predicted octanol–water partition coefficient (Wildman–Crippen LogP) is 5.97. The summed E-state index contributed by atoms with van der Waals surface area (Å²) in [7, 11) is 0. The Bertz CT molecular complexity index is 1060. The lowest BCUT2D eigenvalue weighted by Gasteiger charge is -2.24. The molecule has 4 rings (SSSR count). The number of carbonyl (C=O) groups is 2. The molecule has 0 unspecified atom stereocenters. The summed E-state index contributed by atoms with van der Waals surface area (Å²) < 4.78 is 1.11. The van der Waals surface area contributed by atoms with Crippen LogP contribution >= 0.6 is 46.0 Å².